The fourth-order valence-electron chi connectivity index (χ4n) is 3.76. The zero-order valence-corrected chi connectivity index (χ0v) is 15.3. The van der Waals surface area contributed by atoms with Gasteiger partial charge in [0.1, 0.15) is 5.82 Å². The molecule has 3 heterocycles. The molecule has 0 saturated carbocycles. The largest absolute Gasteiger partial charge is 0.357 e. The molecule has 2 amide bonds. The van der Waals surface area contributed by atoms with Gasteiger partial charge >= 0.3 is 6.03 Å². The molecule has 0 aliphatic carbocycles. The van der Waals surface area contributed by atoms with Gasteiger partial charge < -0.3 is 9.88 Å². The summed E-state index contributed by atoms with van der Waals surface area (Å²) in [6.07, 6.45) is 1.48. The predicted molar refractivity (Wildman–Crippen MR) is 107 cm³/mol. The Labute approximate surface area is 161 Å². The Hall–Kier alpha value is -3.61. The highest BCUT2D eigenvalue weighted by molar-refractivity contribution is 5.89. The number of amides is 2. The Bertz CT molecular complexity index is 1130. The molecule has 7 nitrogen and oxygen atoms in total. The summed E-state index contributed by atoms with van der Waals surface area (Å²) < 4.78 is 0. The molecule has 4 aromatic rings. The number of carbonyl (C=O) groups excluding carboxylic acids is 1. The van der Waals surface area contributed by atoms with Crippen LogP contribution in [0.4, 0.5) is 10.7 Å². The highest BCUT2D eigenvalue weighted by atomic mass is 16.2. The average molecular weight is 372 g/mol. The maximum Gasteiger partial charge on any atom is 0.324 e. The summed E-state index contributed by atoms with van der Waals surface area (Å²) in [6, 6.07) is 18.1. The van der Waals surface area contributed by atoms with Crippen LogP contribution in [0.25, 0.3) is 10.9 Å². The molecule has 140 valence electrons. The van der Waals surface area contributed by atoms with E-state index in [1.807, 2.05) is 42.5 Å². The van der Waals surface area contributed by atoms with Crippen molar-refractivity contribution in [1.82, 2.24) is 25.1 Å². The van der Waals surface area contributed by atoms with Crippen LogP contribution in [0.3, 0.4) is 0 Å². The molecular formula is C21H20N6O. The number of hydrogen-bond donors (Lipinski definition) is 3. The Morgan fingerprint density at radius 1 is 1.11 bits per heavy atom. The zero-order chi connectivity index (χ0) is 18.9. The molecule has 5 rings (SSSR count). The second-order valence-electron chi connectivity index (χ2n) is 7.00. The van der Waals surface area contributed by atoms with Crippen molar-refractivity contribution in [2.75, 3.05) is 11.9 Å². The van der Waals surface area contributed by atoms with Crippen molar-refractivity contribution in [2.45, 2.75) is 19.4 Å². The van der Waals surface area contributed by atoms with Crippen LogP contribution >= 0.6 is 0 Å². The average Bonchev–Trinajstić information content (AvgIpc) is 3.32. The summed E-state index contributed by atoms with van der Waals surface area (Å²) in [6.45, 7) is 1.22. The van der Waals surface area contributed by atoms with Crippen molar-refractivity contribution in [3.63, 3.8) is 0 Å². The SMILES string of the molecule is O=C(Nc1n[nH]c(Cc2ccccc2)n1)N1CCc2c([nH]c3ccccc23)C1. The van der Waals surface area contributed by atoms with Gasteiger partial charge in [0.2, 0.25) is 5.95 Å². The molecule has 0 radical (unpaired) electrons. The van der Waals surface area contributed by atoms with Crippen LogP contribution in [0.2, 0.25) is 0 Å². The van der Waals surface area contributed by atoms with Crippen molar-refractivity contribution in [2.24, 2.45) is 0 Å². The van der Waals surface area contributed by atoms with Crippen molar-refractivity contribution >= 4 is 22.9 Å². The lowest BCUT2D eigenvalue weighted by Crippen LogP contribution is -2.39. The van der Waals surface area contributed by atoms with Crippen LogP contribution in [0.5, 0.6) is 0 Å². The molecule has 0 saturated heterocycles. The number of rotatable bonds is 3. The number of para-hydroxylation sites is 1. The number of benzene rings is 2. The smallest absolute Gasteiger partial charge is 0.324 e. The highest BCUT2D eigenvalue weighted by Gasteiger charge is 2.24. The minimum Gasteiger partial charge on any atom is -0.357 e. The molecule has 0 spiro atoms. The van der Waals surface area contributed by atoms with E-state index in [9.17, 15) is 4.79 Å². The summed E-state index contributed by atoms with van der Waals surface area (Å²) in [4.78, 5) is 22.3. The maximum absolute atomic E-state index is 12.7. The molecule has 7 heteroatoms. The van der Waals surface area contributed by atoms with Crippen LogP contribution < -0.4 is 5.32 Å². The third kappa shape index (κ3) is 3.11. The first-order valence-corrected chi connectivity index (χ1v) is 9.36. The van der Waals surface area contributed by atoms with Crippen LogP contribution in [-0.2, 0) is 19.4 Å². The Kier molecular flexibility index (Phi) is 4.05. The first-order chi connectivity index (χ1) is 13.8. The molecule has 0 unspecified atom stereocenters. The molecule has 2 aromatic heterocycles. The topological polar surface area (TPSA) is 89.7 Å². The molecule has 1 aliphatic rings. The van der Waals surface area contributed by atoms with Gasteiger partial charge in [-0.1, -0.05) is 48.5 Å². The minimum absolute atomic E-state index is 0.186. The number of fused-ring (bicyclic) bond motifs is 3. The van der Waals surface area contributed by atoms with Crippen molar-refractivity contribution in [3.8, 4) is 0 Å². The van der Waals surface area contributed by atoms with Gasteiger partial charge in [-0.3, -0.25) is 10.4 Å². The lowest BCUT2D eigenvalue weighted by Gasteiger charge is -2.26. The summed E-state index contributed by atoms with van der Waals surface area (Å²) in [5.41, 5.74) is 4.67. The fourth-order valence-corrected chi connectivity index (χ4v) is 3.76. The quantitative estimate of drug-likeness (QED) is 0.514. The van der Waals surface area contributed by atoms with Gasteiger partial charge in [0.15, 0.2) is 0 Å². The monoisotopic (exact) mass is 372 g/mol. The van der Waals surface area contributed by atoms with Gasteiger partial charge in [0, 0.05) is 29.6 Å². The number of anilines is 1. The standard InChI is InChI=1S/C21H20N6O/c28-21(24-20-23-19(25-26-20)12-14-6-2-1-3-7-14)27-11-10-16-15-8-4-5-9-17(15)22-18(16)13-27/h1-9,22H,10-13H2,(H2,23,24,25,26,28). The number of nitrogens with one attached hydrogen (secondary N) is 3. The molecule has 0 bridgehead atoms. The molecule has 2 aromatic carbocycles. The van der Waals surface area contributed by atoms with Crippen molar-refractivity contribution in [1.29, 1.82) is 0 Å². The van der Waals surface area contributed by atoms with E-state index < -0.39 is 0 Å². The van der Waals surface area contributed by atoms with Gasteiger partial charge in [0.05, 0.1) is 6.54 Å². The maximum atomic E-state index is 12.7. The highest BCUT2D eigenvalue weighted by Crippen LogP contribution is 2.27. The van der Waals surface area contributed by atoms with Gasteiger partial charge in [-0.15, -0.1) is 5.10 Å². The number of H-pyrrole nitrogens is 2. The zero-order valence-electron chi connectivity index (χ0n) is 15.3. The van der Waals surface area contributed by atoms with E-state index in [0.29, 0.717) is 25.5 Å². The number of hydrogen-bond acceptors (Lipinski definition) is 3. The van der Waals surface area contributed by atoms with Gasteiger partial charge in [0.25, 0.3) is 0 Å². The Morgan fingerprint density at radius 2 is 1.93 bits per heavy atom. The summed E-state index contributed by atoms with van der Waals surface area (Å²) in [5, 5.41) is 11.1. The minimum atomic E-state index is -0.186. The summed E-state index contributed by atoms with van der Waals surface area (Å²) >= 11 is 0. The predicted octanol–water partition coefficient (Wildman–Crippen LogP) is 3.47. The first-order valence-electron chi connectivity index (χ1n) is 9.36. The molecule has 0 atom stereocenters. The van der Waals surface area contributed by atoms with E-state index in [-0.39, 0.29) is 6.03 Å². The Balaban J connectivity index is 1.26. The fraction of sp³-hybridized carbons (Fsp3) is 0.190. The van der Waals surface area contributed by atoms with E-state index in [4.69, 9.17) is 0 Å². The van der Waals surface area contributed by atoms with E-state index in [1.165, 1.54) is 10.9 Å². The molecule has 28 heavy (non-hydrogen) atoms. The van der Waals surface area contributed by atoms with E-state index >= 15 is 0 Å². The van der Waals surface area contributed by atoms with Crippen LogP contribution in [0.1, 0.15) is 22.6 Å². The van der Waals surface area contributed by atoms with Crippen LogP contribution in [-0.4, -0.2) is 37.6 Å². The van der Waals surface area contributed by atoms with E-state index in [1.54, 1.807) is 4.90 Å². The lowest BCUT2D eigenvalue weighted by atomic mass is 10.0. The van der Waals surface area contributed by atoms with Gasteiger partial charge in [-0.2, -0.15) is 4.98 Å². The van der Waals surface area contributed by atoms with Crippen LogP contribution in [0, 0.1) is 0 Å². The molecular weight excluding hydrogens is 352 g/mol. The number of aromatic amines is 2. The third-order valence-corrected chi connectivity index (χ3v) is 5.13. The number of carbonyl (C=O) groups is 1. The summed E-state index contributed by atoms with van der Waals surface area (Å²) in [5.74, 6) is 1.02. The molecule has 1 aliphatic heterocycles. The first kappa shape index (κ1) is 16.6. The molecule has 3 N–H and O–H groups in total. The van der Waals surface area contributed by atoms with Gasteiger partial charge in [-0.25, -0.2) is 4.79 Å². The summed E-state index contributed by atoms with van der Waals surface area (Å²) in [7, 11) is 0. The second-order valence-corrected chi connectivity index (χ2v) is 7.00. The number of aromatic nitrogens is 4. The number of nitrogens with zero attached hydrogens (tertiary/aromatic N) is 3. The van der Waals surface area contributed by atoms with E-state index in [2.05, 4.69) is 37.6 Å². The van der Waals surface area contributed by atoms with Crippen molar-refractivity contribution in [3.05, 3.63) is 77.2 Å². The third-order valence-electron chi connectivity index (χ3n) is 5.13. The van der Waals surface area contributed by atoms with E-state index in [0.717, 1.165) is 29.0 Å². The van der Waals surface area contributed by atoms with Crippen molar-refractivity contribution < 1.29 is 4.79 Å². The second kappa shape index (κ2) is 6.84. The normalized spacial score (nSPS) is 13.5. The number of urea groups is 1. The van der Waals surface area contributed by atoms with Crippen LogP contribution in [0.15, 0.2) is 54.6 Å². The Morgan fingerprint density at radius 3 is 2.82 bits per heavy atom. The molecule has 0 fully saturated rings. The lowest BCUT2D eigenvalue weighted by molar-refractivity contribution is 0.205. The van der Waals surface area contributed by atoms with Gasteiger partial charge in [-0.05, 0) is 23.6 Å².